The number of rotatable bonds is 5. The van der Waals surface area contributed by atoms with E-state index in [-0.39, 0.29) is 11.9 Å². The van der Waals surface area contributed by atoms with Crippen molar-refractivity contribution < 1.29 is 9.13 Å². The maximum absolute atomic E-state index is 14.1. The maximum Gasteiger partial charge on any atom is 0.131 e. The third-order valence-corrected chi connectivity index (χ3v) is 4.52. The van der Waals surface area contributed by atoms with Crippen LogP contribution in [0.5, 0.6) is 5.75 Å². The summed E-state index contributed by atoms with van der Waals surface area (Å²) in [5.74, 6) is 1.21. The molecule has 2 nitrogen and oxygen atoms in total. The van der Waals surface area contributed by atoms with Crippen LogP contribution in [-0.2, 0) is 0 Å². The van der Waals surface area contributed by atoms with Crippen LogP contribution in [0.15, 0.2) is 18.2 Å². The van der Waals surface area contributed by atoms with Gasteiger partial charge in [-0.2, -0.15) is 0 Å². The monoisotopic (exact) mass is 279 g/mol. The van der Waals surface area contributed by atoms with Crippen molar-refractivity contribution >= 4 is 0 Å². The number of nitrogens with one attached hydrogen (secondary N) is 1. The standard InChI is InChI=1S/C17H26FNO/c1-4-13-6-5-7-14(10-13)19-12(2)16-9-8-15(20-3)11-17(16)18/h8-9,11-14,19H,4-7,10H2,1-3H3. The van der Waals surface area contributed by atoms with E-state index in [1.165, 1.54) is 38.2 Å². The Morgan fingerprint density at radius 2 is 2.20 bits per heavy atom. The summed E-state index contributed by atoms with van der Waals surface area (Å²) in [6.45, 7) is 4.31. The Morgan fingerprint density at radius 1 is 1.40 bits per heavy atom. The second-order valence-corrected chi connectivity index (χ2v) is 5.91. The van der Waals surface area contributed by atoms with Crippen LogP contribution in [0.4, 0.5) is 4.39 Å². The topological polar surface area (TPSA) is 21.3 Å². The Balaban J connectivity index is 1.99. The molecule has 1 aromatic rings. The van der Waals surface area contributed by atoms with Crippen LogP contribution in [-0.4, -0.2) is 13.2 Å². The molecule has 20 heavy (non-hydrogen) atoms. The van der Waals surface area contributed by atoms with Gasteiger partial charge in [0.25, 0.3) is 0 Å². The second-order valence-electron chi connectivity index (χ2n) is 5.91. The van der Waals surface area contributed by atoms with Gasteiger partial charge in [0.2, 0.25) is 0 Å². The van der Waals surface area contributed by atoms with Gasteiger partial charge in [-0.1, -0.05) is 32.3 Å². The molecule has 1 aromatic carbocycles. The van der Waals surface area contributed by atoms with E-state index in [0.717, 1.165) is 11.5 Å². The highest BCUT2D eigenvalue weighted by atomic mass is 19.1. The molecule has 3 heteroatoms. The van der Waals surface area contributed by atoms with Gasteiger partial charge in [-0.05, 0) is 31.7 Å². The van der Waals surface area contributed by atoms with Crippen molar-refractivity contribution in [2.45, 2.75) is 58.0 Å². The summed E-state index contributed by atoms with van der Waals surface area (Å²) in [5.41, 5.74) is 0.726. The summed E-state index contributed by atoms with van der Waals surface area (Å²) in [5, 5.41) is 3.60. The number of methoxy groups -OCH3 is 1. The molecule has 0 bridgehead atoms. The summed E-state index contributed by atoms with van der Waals surface area (Å²) in [6.07, 6.45) is 6.31. The first-order chi connectivity index (χ1) is 9.63. The zero-order valence-electron chi connectivity index (χ0n) is 12.8. The van der Waals surface area contributed by atoms with Gasteiger partial charge in [0.15, 0.2) is 0 Å². The van der Waals surface area contributed by atoms with Crippen LogP contribution in [0.25, 0.3) is 0 Å². The van der Waals surface area contributed by atoms with E-state index in [9.17, 15) is 4.39 Å². The predicted octanol–water partition coefficient (Wildman–Crippen LogP) is 4.45. The second kappa shape index (κ2) is 7.07. The van der Waals surface area contributed by atoms with Gasteiger partial charge in [-0.3, -0.25) is 0 Å². The molecular weight excluding hydrogens is 253 g/mol. The Morgan fingerprint density at radius 3 is 2.85 bits per heavy atom. The van der Waals surface area contributed by atoms with Crippen molar-refractivity contribution in [3.05, 3.63) is 29.6 Å². The van der Waals surface area contributed by atoms with E-state index >= 15 is 0 Å². The quantitative estimate of drug-likeness (QED) is 0.859. The zero-order chi connectivity index (χ0) is 14.5. The minimum Gasteiger partial charge on any atom is -0.497 e. The Kier molecular flexibility index (Phi) is 5.41. The molecule has 1 aliphatic rings. The highest BCUT2D eigenvalue weighted by molar-refractivity contribution is 5.30. The van der Waals surface area contributed by atoms with Crippen molar-refractivity contribution in [3.8, 4) is 5.75 Å². The average Bonchev–Trinajstić information content (AvgIpc) is 2.47. The molecule has 1 saturated carbocycles. The first-order valence-corrected chi connectivity index (χ1v) is 7.73. The maximum atomic E-state index is 14.1. The number of benzene rings is 1. The van der Waals surface area contributed by atoms with Crippen molar-refractivity contribution in [2.24, 2.45) is 5.92 Å². The molecule has 3 unspecified atom stereocenters. The number of hydrogen-bond donors (Lipinski definition) is 1. The minimum absolute atomic E-state index is 0.0431. The molecule has 1 fully saturated rings. The molecule has 2 rings (SSSR count). The van der Waals surface area contributed by atoms with E-state index in [4.69, 9.17) is 4.74 Å². The van der Waals surface area contributed by atoms with Gasteiger partial charge in [-0.25, -0.2) is 4.39 Å². The molecule has 0 saturated heterocycles. The highest BCUT2D eigenvalue weighted by Crippen LogP contribution is 2.29. The summed E-state index contributed by atoms with van der Waals surface area (Å²) in [6, 6.07) is 5.67. The van der Waals surface area contributed by atoms with Gasteiger partial charge in [0.05, 0.1) is 7.11 Å². The van der Waals surface area contributed by atoms with E-state index < -0.39 is 0 Å². The van der Waals surface area contributed by atoms with E-state index in [1.807, 2.05) is 19.1 Å². The summed E-state index contributed by atoms with van der Waals surface area (Å²) >= 11 is 0. The number of hydrogen-bond acceptors (Lipinski definition) is 2. The van der Waals surface area contributed by atoms with Crippen LogP contribution in [0.2, 0.25) is 0 Å². The van der Waals surface area contributed by atoms with Gasteiger partial charge in [0.1, 0.15) is 11.6 Å². The predicted molar refractivity (Wildman–Crippen MR) is 80.5 cm³/mol. The molecule has 1 N–H and O–H groups in total. The van der Waals surface area contributed by atoms with Crippen molar-refractivity contribution in [1.82, 2.24) is 5.32 Å². The SMILES string of the molecule is CCC1CCCC(NC(C)c2ccc(OC)cc2F)C1. The lowest BCUT2D eigenvalue weighted by atomic mass is 9.84. The zero-order valence-corrected chi connectivity index (χ0v) is 12.8. The van der Waals surface area contributed by atoms with E-state index in [2.05, 4.69) is 12.2 Å². The lowest BCUT2D eigenvalue weighted by Gasteiger charge is -2.31. The fraction of sp³-hybridized carbons (Fsp3) is 0.647. The largest absolute Gasteiger partial charge is 0.497 e. The number of ether oxygens (including phenoxy) is 1. The number of halogens is 1. The Bertz CT molecular complexity index is 435. The first kappa shape index (κ1) is 15.3. The van der Waals surface area contributed by atoms with E-state index in [1.54, 1.807) is 7.11 Å². The molecule has 0 aromatic heterocycles. The van der Waals surface area contributed by atoms with Gasteiger partial charge < -0.3 is 10.1 Å². The van der Waals surface area contributed by atoms with Gasteiger partial charge in [-0.15, -0.1) is 0 Å². The molecule has 0 amide bonds. The fourth-order valence-corrected chi connectivity index (χ4v) is 3.24. The molecule has 1 aliphatic carbocycles. The summed E-state index contributed by atoms with van der Waals surface area (Å²) in [7, 11) is 1.56. The average molecular weight is 279 g/mol. The van der Waals surface area contributed by atoms with Gasteiger partial charge >= 0.3 is 0 Å². The van der Waals surface area contributed by atoms with Crippen LogP contribution >= 0.6 is 0 Å². The van der Waals surface area contributed by atoms with Crippen molar-refractivity contribution in [3.63, 3.8) is 0 Å². The van der Waals surface area contributed by atoms with Crippen LogP contribution in [0, 0.1) is 11.7 Å². The first-order valence-electron chi connectivity index (χ1n) is 7.73. The smallest absolute Gasteiger partial charge is 0.131 e. The van der Waals surface area contributed by atoms with Crippen LogP contribution in [0.3, 0.4) is 0 Å². The van der Waals surface area contributed by atoms with Crippen molar-refractivity contribution in [1.29, 1.82) is 0 Å². The summed E-state index contributed by atoms with van der Waals surface area (Å²) < 4.78 is 19.1. The van der Waals surface area contributed by atoms with Crippen LogP contribution < -0.4 is 10.1 Å². The fourth-order valence-electron chi connectivity index (χ4n) is 3.24. The van der Waals surface area contributed by atoms with Crippen molar-refractivity contribution in [2.75, 3.05) is 7.11 Å². The molecular formula is C17H26FNO. The molecule has 0 spiro atoms. The van der Waals surface area contributed by atoms with E-state index in [0.29, 0.717) is 11.8 Å². The lowest BCUT2D eigenvalue weighted by Crippen LogP contribution is -2.36. The molecule has 3 atom stereocenters. The third-order valence-electron chi connectivity index (χ3n) is 4.52. The van der Waals surface area contributed by atoms with Crippen LogP contribution in [0.1, 0.15) is 57.6 Å². The molecule has 112 valence electrons. The minimum atomic E-state index is -0.188. The molecule has 0 heterocycles. The Labute approximate surface area is 121 Å². The normalized spacial score (nSPS) is 24.4. The Hall–Kier alpha value is -1.09. The van der Waals surface area contributed by atoms with Gasteiger partial charge in [0, 0.05) is 23.7 Å². The lowest BCUT2D eigenvalue weighted by molar-refractivity contribution is 0.264. The molecule has 0 aliphatic heterocycles. The summed E-state index contributed by atoms with van der Waals surface area (Å²) in [4.78, 5) is 0. The highest BCUT2D eigenvalue weighted by Gasteiger charge is 2.23. The third kappa shape index (κ3) is 3.72. The molecule has 0 radical (unpaired) electrons.